The minimum absolute atomic E-state index is 0.550. The van der Waals surface area contributed by atoms with Gasteiger partial charge in [0.1, 0.15) is 0 Å². The Morgan fingerprint density at radius 3 is 2.60 bits per heavy atom. The standard InChI is InChI=1S/C10H19N3O2/c1-8-10(9(2)13(3)12-8)7-11-15-6-5-14-4/h11H,5-7H2,1-4H3. The van der Waals surface area contributed by atoms with Gasteiger partial charge in [0, 0.05) is 32.0 Å². The van der Waals surface area contributed by atoms with Gasteiger partial charge in [0.15, 0.2) is 0 Å². The Bertz CT molecular complexity index is 310. The van der Waals surface area contributed by atoms with Crippen LogP contribution in [0.3, 0.4) is 0 Å². The van der Waals surface area contributed by atoms with Crippen molar-refractivity contribution in [3.05, 3.63) is 17.0 Å². The van der Waals surface area contributed by atoms with Gasteiger partial charge in [0.05, 0.1) is 18.9 Å². The summed E-state index contributed by atoms with van der Waals surface area (Å²) >= 11 is 0. The van der Waals surface area contributed by atoms with Crippen molar-refractivity contribution in [2.75, 3.05) is 20.3 Å². The number of aryl methyl sites for hydroxylation is 2. The number of hydrogen-bond acceptors (Lipinski definition) is 4. The number of rotatable bonds is 6. The first-order valence-electron chi connectivity index (χ1n) is 4.99. The van der Waals surface area contributed by atoms with Crippen LogP contribution in [-0.4, -0.2) is 30.1 Å². The van der Waals surface area contributed by atoms with Crippen LogP contribution in [0.15, 0.2) is 0 Å². The van der Waals surface area contributed by atoms with E-state index in [1.54, 1.807) is 7.11 Å². The molecule has 1 aromatic rings. The Morgan fingerprint density at radius 1 is 1.33 bits per heavy atom. The number of nitrogens with one attached hydrogen (secondary N) is 1. The number of aromatic nitrogens is 2. The molecule has 0 spiro atoms. The summed E-state index contributed by atoms with van der Waals surface area (Å²) in [6, 6.07) is 0. The fourth-order valence-electron chi connectivity index (χ4n) is 1.39. The normalized spacial score (nSPS) is 10.9. The minimum Gasteiger partial charge on any atom is -0.382 e. The van der Waals surface area contributed by atoms with Crippen LogP contribution in [0.1, 0.15) is 17.0 Å². The van der Waals surface area contributed by atoms with Crippen molar-refractivity contribution in [2.45, 2.75) is 20.4 Å². The number of hydroxylamine groups is 1. The molecule has 0 saturated carbocycles. The Balaban J connectivity index is 2.37. The molecule has 1 N–H and O–H groups in total. The van der Waals surface area contributed by atoms with Crippen molar-refractivity contribution in [1.29, 1.82) is 0 Å². The van der Waals surface area contributed by atoms with Crippen LogP contribution >= 0.6 is 0 Å². The van der Waals surface area contributed by atoms with Gasteiger partial charge in [-0.3, -0.25) is 9.52 Å². The third kappa shape index (κ3) is 3.30. The summed E-state index contributed by atoms with van der Waals surface area (Å²) in [7, 11) is 3.59. The average Bonchev–Trinajstić information content (AvgIpc) is 2.44. The van der Waals surface area contributed by atoms with Gasteiger partial charge in [0.2, 0.25) is 0 Å². The molecule has 0 unspecified atom stereocenters. The number of ether oxygens (including phenoxy) is 1. The summed E-state index contributed by atoms with van der Waals surface area (Å²) in [5.41, 5.74) is 6.29. The van der Waals surface area contributed by atoms with E-state index in [1.807, 2.05) is 25.6 Å². The number of nitrogens with zero attached hydrogens (tertiary/aromatic N) is 2. The molecule has 0 radical (unpaired) electrons. The second-order valence-corrected chi connectivity index (χ2v) is 3.44. The second-order valence-electron chi connectivity index (χ2n) is 3.44. The molecule has 1 aromatic heterocycles. The highest BCUT2D eigenvalue weighted by Crippen LogP contribution is 2.10. The number of methoxy groups -OCH3 is 1. The van der Waals surface area contributed by atoms with Gasteiger partial charge in [-0.25, -0.2) is 0 Å². The van der Waals surface area contributed by atoms with Gasteiger partial charge >= 0.3 is 0 Å². The van der Waals surface area contributed by atoms with E-state index in [4.69, 9.17) is 9.57 Å². The molecule has 0 aromatic carbocycles. The van der Waals surface area contributed by atoms with E-state index in [0.717, 1.165) is 11.4 Å². The second kappa shape index (κ2) is 5.85. The molecule has 5 nitrogen and oxygen atoms in total. The fourth-order valence-corrected chi connectivity index (χ4v) is 1.39. The molecule has 1 heterocycles. The lowest BCUT2D eigenvalue weighted by Gasteiger charge is -2.05. The first-order chi connectivity index (χ1) is 7.16. The summed E-state index contributed by atoms with van der Waals surface area (Å²) in [4.78, 5) is 5.19. The lowest BCUT2D eigenvalue weighted by atomic mass is 10.2. The zero-order valence-electron chi connectivity index (χ0n) is 9.83. The quantitative estimate of drug-likeness (QED) is 0.558. The molecule has 0 aliphatic carbocycles. The molecule has 5 heteroatoms. The highest BCUT2D eigenvalue weighted by atomic mass is 16.7. The predicted molar refractivity (Wildman–Crippen MR) is 57.3 cm³/mol. The summed E-state index contributed by atoms with van der Waals surface area (Å²) in [5.74, 6) is 0. The van der Waals surface area contributed by atoms with E-state index in [9.17, 15) is 0 Å². The zero-order chi connectivity index (χ0) is 11.3. The maximum absolute atomic E-state index is 5.19. The van der Waals surface area contributed by atoms with Crippen LogP contribution in [0.2, 0.25) is 0 Å². The highest BCUT2D eigenvalue weighted by Gasteiger charge is 2.08. The van der Waals surface area contributed by atoms with Crippen molar-refractivity contribution >= 4 is 0 Å². The monoisotopic (exact) mass is 213 g/mol. The largest absolute Gasteiger partial charge is 0.382 e. The van der Waals surface area contributed by atoms with Crippen LogP contribution in [0.5, 0.6) is 0 Å². The maximum Gasteiger partial charge on any atom is 0.0916 e. The molecule has 0 fully saturated rings. The van der Waals surface area contributed by atoms with Crippen molar-refractivity contribution < 1.29 is 9.57 Å². The molecule has 0 amide bonds. The molecule has 0 aliphatic heterocycles. The van der Waals surface area contributed by atoms with Crippen molar-refractivity contribution in [3.63, 3.8) is 0 Å². The van der Waals surface area contributed by atoms with E-state index >= 15 is 0 Å². The van der Waals surface area contributed by atoms with Crippen molar-refractivity contribution in [1.82, 2.24) is 15.3 Å². The van der Waals surface area contributed by atoms with Gasteiger partial charge in [-0.1, -0.05) is 0 Å². The summed E-state index contributed by atoms with van der Waals surface area (Å²) in [5, 5.41) is 4.32. The van der Waals surface area contributed by atoms with Crippen molar-refractivity contribution in [3.8, 4) is 0 Å². The van der Waals surface area contributed by atoms with Gasteiger partial charge in [-0.2, -0.15) is 10.6 Å². The van der Waals surface area contributed by atoms with Crippen LogP contribution in [0.4, 0.5) is 0 Å². The van der Waals surface area contributed by atoms with E-state index < -0.39 is 0 Å². The third-order valence-corrected chi connectivity index (χ3v) is 2.40. The topological polar surface area (TPSA) is 48.3 Å². The summed E-state index contributed by atoms with van der Waals surface area (Å²) in [6.45, 7) is 5.87. The van der Waals surface area contributed by atoms with Crippen molar-refractivity contribution in [2.24, 2.45) is 7.05 Å². The third-order valence-electron chi connectivity index (χ3n) is 2.40. The summed E-state index contributed by atoms with van der Waals surface area (Å²) in [6.07, 6.45) is 0. The first kappa shape index (κ1) is 12.2. The maximum atomic E-state index is 5.19. The van der Waals surface area contributed by atoms with E-state index in [-0.39, 0.29) is 0 Å². The number of hydrogen-bond donors (Lipinski definition) is 1. The van der Waals surface area contributed by atoms with Gasteiger partial charge < -0.3 is 4.74 Å². The minimum atomic E-state index is 0.550. The van der Waals surface area contributed by atoms with Gasteiger partial charge in [0.25, 0.3) is 0 Å². The molecule has 15 heavy (non-hydrogen) atoms. The fraction of sp³-hybridized carbons (Fsp3) is 0.700. The molecule has 86 valence electrons. The highest BCUT2D eigenvalue weighted by molar-refractivity contribution is 5.23. The Hall–Kier alpha value is -0.910. The van der Waals surface area contributed by atoms with Crippen LogP contribution in [-0.2, 0) is 23.2 Å². The molecule has 0 aliphatic rings. The van der Waals surface area contributed by atoms with Gasteiger partial charge in [-0.15, -0.1) is 0 Å². The molecule has 0 atom stereocenters. The van der Waals surface area contributed by atoms with Crippen LogP contribution < -0.4 is 5.48 Å². The summed E-state index contributed by atoms with van der Waals surface area (Å²) < 4.78 is 6.74. The van der Waals surface area contributed by atoms with Crippen LogP contribution in [0.25, 0.3) is 0 Å². The SMILES string of the molecule is COCCONCc1c(C)nn(C)c1C. The smallest absolute Gasteiger partial charge is 0.0916 e. The molecular formula is C10H19N3O2. The van der Waals surface area contributed by atoms with E-state index in [0.29, 0.717) is 19.8 Å². The Kier molecular flexibility index (Phi) is 4.74. The first-order valence-corrected chi connectivity index (χ1v) is 4.99. The van der Waals surface area contributed by atoms with Gasteiger partial charge in [-0.05, 0) is 13.8 Å². The molecule has 0 bridgehead atoms. The van der Waals surface area contributed by atoms with E-state index in [2.05, 4.69) is 10.6 Å². The Labute approximate surface area is 90.3 Å². The van der Waals surface area contributed by atoms with Crippen LogP contribution in [0, 0.1) is 13.8 Å². The van der Waals surface area contributed by atoms with E-state index in [1.165, 1.54) is 5.56 Å². The lowest BCUT2D eigenvalue weighted by molar-refractivity contribution is 0.00332. The molecule has 0 saturated heterocycles. The zero-order valence-corrected chi connectivity index (χ0v) is 9.83. The predicted octanol–water partition coefficient (Wildman–Crippen LogP) is 0.705. The molecular weight excluding hydrogens is 194 g/mol. The Morgan fingerprint density at radius 2 is 2.07 bits per heavy atom. The molecule has 1 rings (SSSR count). The average molecular weight is 213 g/mol. The lowest BCUT2D eigenvalue weighted by Crippen LogP contribution is -2.17.